The highest BCUT2D eigenvalue weighted by Gasteiger charge is 2.52. The lowest BCUT2D eigenvalue weighted by Gasteiger charge is -2.27. The molecule has 2 unspecified atom stereocenters. The van der Waals surface area contributed by atoms with Gasteiger partial charge in [-0.05, 0) is 31.4 Å². The van der Waals surface area contributed by atoms with Gasteiger partial charge in [-0.15, -0.1) is 0 Å². The molecule has 1 saturated carbocycles. The molecular formula is C16H14O4. The molecule has 1 aliphatic heterocycles. The molecule has 1 aromatic rings. The summed E-state index contributed by atoms with van der Waals surface area (Å²) in [5.74, 6) is 0.435. The Kier molecular flexibility index (Phi) is 2.18. The van der Waals surface area contributed by atoms with Crippen LogP contribution in [0.4, 0.5) is 0 Å². The first-order chi connectivity index (χ1) is 9.58. The quantitative estimate of drug-likeness (QED) is 0.680. The molecule has 1 heterocycles. The summed E-state index contributed by atoms with van der Waals surface area (Å²) in [5, 5.41) is 0. The summed E-state index contributed by atoms with van der Waals surface area (Å²) in [6.07, 6.45) is 2.86. The van der Waals surface area contributed by atoms with Crippen molar-refractivity contribution in [2.75, 3.05) is 0 Å². The number of benzene rings is 1. The predicted octanol–water partition coefficient (Wildman–Crippen LogP) is 3.05. The van der Waals surface area contributed by atoms with Crippen LogP contribution in [0.2, 0.25) is 0 Å². The lowest BCUT2D eigenvalue weighted by atomic mass is 9.88. The summed E-state index contributed by atoms with van der Waals surface area (Å²) in [6, 6.07) is 6.62. The van der Waals surface area contributed by atoms with Gasteiger partial charge in [0.25, 0.3) is 0 Å². The number of ether oxygens (including phenoxy) is 2. The van der Waals surface area contributed by atoms with Crippen LogP contribution in [0.1, 0.15) is 46.9 Å². The summed E-state index contributed by atoms with van der Waals surface area (Å²) < 4.78 is 11.1. The molecule has 2 bridgehead atoms. The van der Waals surface area contributed by atoms with Crippen LogP contribution >= 0.6 is 0 Å². The monoisotopic (exact) mass is 270 g/mol. The molecule has 0 spiro atoms. The second-order valence-corrected chi connectivity index (χ2v) is 6.02. The van der Waals surface area contributed by atoms with Gasteiger partial charge < -0.3 is 9.47 Å². The van der Waals surface area contributed by atoms with Crippen LogP contribution in [0, 0.1) is 11.3 Å². The first-order valence-corrected chi connectivity index (χ1v) is 6.86. The van der Waals surface area contributed by atoms with Gasteiger partial charge in [0.1, 0.15) is 5.76 Å². The van der Waals surface area contributed by atoms with Crippen molar-refractivity contribution in [1.82, 2.24) is 0 Å². The number of carbonyl (C=O) groups is 2. The van der Waals surface area contributed by atoms with E-state index in [1.165, 1.54) is 0 Å². The molecule has 102 valence electrons. The molecule has 1 aromatic carbocycles. The van der Waals surface area contributed by atoms with Crippen molar-refractivity contribution in [3.8, 4) is 0 Å². The lowest BCUT2D eigenvalue weighted by Crippen LogP contribution is -2.25. The number of rotatable bonds is 0. The highest BCUT2D eigenvalue weighted by atomic mass is 16.6. The zero-order chi connectivity index (χ0) is 13.9. The standard InChI is InChI=1S/C16H14O4/c1-16-7-6-9(8-16)12-13(16)20-15(18)11-5-3-2-4-10(11)14(17)19-12/h2-5,9H,6-8H2,1H3. The van der Waals surface area contributed by atoms with Crippen molar-refractivity contribution in [3.63, 3.8) is 0 Å². The van der Waals surface area contributed by atoms with Gasteiger partial charge in [0.15, 0.2) is 5.76 Å². The van der Waals surface area contributed by atoms with E-state index in [0.29, 0.717) is 11.5 Å². The van der Waals surface area contributed by atoms with Crippen LogP contribution in [-0.4, -0.2) is 11.9 Å². The Morgan fingerprint density at radius 2 is 1.75 bits per heavy atom. The zero-order valence-corrected chi connectivity index (χ0v) is 11.1. The fourth-order valence-corrected chi connectivity index (χ4v) is 3.60. The third-order valence-corrected chi connectivity index (χ3v) is 4.65. The Morgan fingerprint density at radius 1 is 1.10 bits per heavy atom. The molecule has 4 rings (SSSR count). The number of hydrogen-bond acceptors (Lipinski definition) is 4. The molecule has 1 fully saturated rings. The van der Waals surface area contributed by atoms with Crippen molar-refractivity contribution in [2.24, 2.45) is 11.3 Å². The first kappa shape index (κ1) is 11.7. The molecule has 0 saturated heterocycles. The van der Waals surface area contributed by atoms with Crippen molar-refractivity contribution >= 4 is 11.9 Å². The summed E-state index contributed by atoms with van der Waals surface area (Å²) in [4.78, 5) is 24.6. The maximum absolute atomic E-state index is 12.3. The maximum atomic E-state index is 12.3. The van der Waals surface area contributed by atoms with Crippen molar-refractivity contribution < 1.29 is 19.1 Å². The van der Waals surface area contributed by atoms with E-state index in [4.69, 9.17) is 9.47 Å². The fraction of sp³-hybridized carbons (Fsp3) is 0.375. The Balaban J connectivity index is 1.86. The van der Waals surface area contributed by atoms with Gasteiger partial charge in [0, 0.05) is 11.3 Å². The van der Waals surface area contributed by atoms with Gasteiger partial charge in [0.05, 0.1) is 11.1 Å². The smallest absolute Gasteiger partial charge is 0.344 e. The van der Waals surface area contributed by atoms with E-state index in [9.17, 15) is 9.59 Å². The van der Waals surface area contributed by atoms with Crippen LogP contribution in [-0.2, 0) is 9.47 Å². The zero-order valence-electron chi connectivity index (χ0n) is 11.1. The van der Waals surface area contributed by atoms with E-state index in [0.717, 1.165) is 19.3 Å². The molecule has 4 heteroatoms. The third-order valence-electron chi connectivity index (χ3n) is 4.65. The molecule has 4 nitrogen and oxygen atoms in total. The Bertz CT molecular complexity index is 673. The highest BCUT2D eigenvalue weighted by molar-refractivity contribution is 6.04. The van der Waals surface area contributed by atoms with E-state index in [-0.39, 0.29) is 22.5 Å². The normalized spacial score (nSPS) is 31.1. The largest absolute Gasteiger partial charge is 0.424 e. The average molecular weight is 270 g/mol. The third kappa shape index (κ3) is 1.42. The Labute approximate surface area is 116 Å². The minimum atomic E-state index is -0.460. The van der Waals surface area contributed by atoms with Crippen LogP contribution in [0.3, 0.4) is 0 Å². The van der Waals surface area contributed by atoms with E-state index in [1.54, 1.807) is 24.3 Å². The predicted molar refractivity (Wildman–Crippen MR) is 69.7 cm³/mol. The average Bonchev–Trinajstić information content (AvgIpc) is 2.93. The molecule has 2 atom stereocenters. The number of esters is 2. The van der Waals surface area contributed by atoms with Crippen LogP contribution in [0.25, 0.3) is 0 Å². The minimum Gasteiger partial charge on any atom is -0.424 e. The summed E-state index contributed by atoms with van der Waals surface area (Å²) >= 11 is 0. The van der Waals surface area contributed by atoms with Gasteiger partial charge in [-0.1, -0.05) is 19.1 Å². The van der Waals surface area contributed by atoms with Crippen LogP contribution in [0.15, 0.2) is 35.8 Å². The molecule has 0 radical (unpaired) electrons. The molecule has 2 aliphatic carbocycles. The second-order valence-electron chi connectivity index (χ2n) is 6.02. The minimum absolute atomic E-state index is 0.164. The molecule has 3 aliphatic rings. The van der Waals surface area contributed by atoms with E-state index < -0.39 is 11.9 Å². The van der Waals surface area contributed by atoms with Gasteiger partial charge in [-0.2, -0.15) is 0 Å². The molecule has 0 aromatic heterocycles. The summed E-state index contributed by atoms with van der Waals surface area (Å²) in [7, 11) is 0. The first-order valence-electron chi connectivity index (χ1n) is 6.86. The van der Waals surface area contributed by atoms with Crippen LogP contribution < -0.4 is 0 Å². The molecular weight excluding hydrogens is 256 g/mol. The van der Waals surface area contributed by atoms with Gasteiger partial charge in [-0.25, -0.2) is 9.59 Å². The highest BCUT2D eigenvalue weighted by Crippen LogP contribution is 2.58. The van der Waals surface area contributed by atoms with Crippen LogP contribution in [0.5, 0.6) is 0 Å². The van der Waals surface area contributed by atoms with E-state index in [2.05, 4.69) is 6.92 Å². The molecule has 20 heavy (non-hydrogen) atoms. The maximum Gasteiger partial charge on any atom is 0.344 e. The molecule has 0 amide bonds. The SMILES string of the molecule is CC12CCC(C1)C1=C2OC(=O)c2ccccc2C(=O)O1. The number of allylic oxidation sites excluding steroid dienone is 2. The second kappa shape index (κ2) is 3.72. The lowest BCUT2D eigenvalue weighted by molar-refractivity contribution is 0.0410. The summed E-state index contributed by atoms with van der Waals surface area (Å²) in [6.45, 7) is 2.07. The molecule has 0 N–H and O–H groups in total. The van der Waals surface area contributed by atoms with Crippen molar-refractivity contribution in [2.45, 2.75) is 26.2 Å². The Hall–Kier alpha value is -2.10. The van der Waals surface area contributed by atoms with Crippen molar-refractivity contribution in [1.29, 1.82) is 0 Å². The van der Waals surface area contributed by atoms with Gasteiger partial charge in [0.2, 0.25) is 0 Å². The van der Waals surface area contributed by atoms with Crippen molar-refractivity contribution in [3.05, 3.63) is 46.9 Å². The number of carbonyl (C=O) groups excluding carboxylic acids is 2. The van der Waals surface area contributed by atoms with Gasteiger partial charge in [-0.3, -0.25) is 0 Å². The summed E-state index contributed by atoms with van der Waals surface area (Å²) in [5.41, 5.74) is 0.384. The van der Waals surface area contributed by atoms with E-state index >= 15 is 0 Å². The van der Waals surface area contributed by atoms with E-state index in [1.807, 2.05) is 0 Å². The number of hydrogen-bond donors (Lipinski definition) is 0. The number of fused-ring (bicyclic) bond motifs is 5. The fourth-order valence-electron chi connectivity index (χ4n) is 3.60. The topological polar surface area (TPSA) is 52.6 Å². The van der Waals surface area contributed by atoms with Gasteiger partial charge >= 0.3 is 11.9 Å². The Morgan fingerprint density at radius 3 is 2.45 bits per heavy atom.